The van der Waals surface area contributed by atoms with Gasteiger partial charge in [-0.2, -0.15) is 0 Å². The predicted octanol–water partition coefficient (Wildman–Crippen LogP) is 4.83. The summed E-state index contributed by atoms with van der Waals surface area (Å²) < 4.78 is 0. The standard InChI is InChI=1S/C23H46N2O4/c1-3-5-6-7-8-9-10-11-12-13-14-15-16-17-18-19-21(26)24-25(20-4-2)22(27)23(28)29/h23,28-29H,3-20H2,1-2H3,(H,24,26). The average molecular weight is 415 g/mol. The second kappa shape index (κ2) is 20.1. The molecule has 0 fully saturated rings. The minimum Gasteiger partial charge on any atom is -0.361 e. The first kappa shape index (κ1) is 27.9. The number of unbranched alkanes of at least 4 members (excludes halogenated alkanes) is 14. The Balaban J connectivity index is 3.49. The van der Waals surface area contributed by atoms with E-state index in [9.17, 15) is 9.59 Å². The quantitative estimate of drug-likeness (QED) is 0.160. The lowest BCUT2D eigenvalue weighted by molar-refractivity contribution is -0.164. The first-order valence-corrected chi connectivity index (χ1v) is 12.0. The van der Waals surface area contributed by atoms with Crippen LogP contribution in [0.25, 0.3) is 0 Å². The molecule has 0 atom stereocenters. The van der Waals surface area contributed by atoms with Crippen LogP contribution in [0.3, 0.4) is 0 Å². The Morgan fingerprint density at radius 3 is 1.48 bits per heavy atom. The Hall–Kier alpha value is -1.14. The molecule has 6 heteroatoms. The van der Waals surface area contributed by atoms with Crippen molar-refractivity contribution in [3.63, 3.8) is 0 Å². The highest BCUT2D eigenvalue weighted by Gasteiger charge is 2.21. The summed E-state index contributed by atoms with van der Waals surface area (Å²) in [6.45, 7) is 4.38. The van der Waals surface area contributed by atoms with Crippen LogP contribution in [-0.2, 0) is 9.59 Å². The smallest absolute Gasteiger partial charge is 0.297 e. The number of hydrogen-bond donors (Lipinski definition) is 3. The maximum Gasteiger partial charge on any atom is 0.297 e. The minimum absolute atomic E-state index is 0.248. The zero-order valence-corrected chi connectivity index (χ0v) is 19.0. The van der Waals surface area contributed by atoms with E-state index in [-0.39, 0.29) is 12.5 Å². The number of nitrogens with zero attached hydrogens (tertiary/aromatic N) is 1. The Morgan fingerprint density at radius 1 is 0.690 bits per heavy atom. The molecule has 0 unspecified atom stereocenters. The number of hydrazine groups is 1. The molecule has 0 aliphatic heterocycles. The first-order valence-electron chi connectivity index (χ1n) is 12.0. The molecule has 0 bridgehead atoms. The van der Waals surface area contributed by atoms with Crippen molar-refractivity contribution >= 4 is 11.8 Å². The lowest BCUT2D eigenvalue weighted by Gasteiger charge is -2.23. The van der Waals surface area contributed by atoms with Gasteiger partial charge in [-0.25, -0.2) is 5.01 Å². The van der Waals surface area contributed by atoms with Crippen molar-refractivity contribution in [3.8, 4) is 0 Å². The molecule has 6 nitrogen and oxygen atoms in total. The third-order valence-corrected chi connectivity index (χ3v) is 5.20. The van der Waals surface area contributed by atoms with E-state index in [0.717, 1.165) is 24.3 Å². The van der Waals surface area contributed by atoms with Gasteiger partial charge in [0.05, 0.1) is 0 Å². The van der Waals surface area contributed by atoms with Crippen LogP contribution in [0.5, 0.6) is 0 Å². The summed E-state index contributed by atoms with van der Waals surface area (Å²) in [7, 11) is 0. The first-order chi connectivity index (χ1) is 14.0. The summed E-state index contributed by atoms with van der Waals surface area (Å²) in [6, 6.07) is 0. The number of aliphatic hydroxyl groups excluding tert-OH is 1. The SMILES string of the molecule is CCCCCCCCCCCCCCCCCC(=O)NN(CCC)C(=O)C(O)O. The van der Waals surface area contributed by atoms with Crippen LogP contribution in [0.1, 0.15) is 123 Å². The molecule has 3 N–H and O–H groups in total. The van der Waals surface area contributed by atoms with E-state index in [0.29, 0.717) is 12.8 Å². The largest absolute Gasteiger partial charge is 0.361 e. The van der Waals surface area contributed by atoms with Gasteiger partial charge in [0.15, 0.2) is 0 Å². The molecule has 0 aromatic carbocycles. The van der Waals surface area contributed by atoms with E-state index >= 15 is 0 Å². The predicted molar refractivity (Wildman–Crippen MR) is 118 cm³/mol. The molecular weight excluding hydrogens is 368 g/mol. The van der Waals surface area contributed by atoms with E-state index in [2.05, 4.69) is 12.3 Å². The summed E-state index contributed by atoms with van der Waals surface area (Å²) in [6.07, 6.45) is 18.0. The lowest BCUT2D eigenvalue weighted by Crippen LogP contribution is -2.50. The Morgan fingerprint density at radius 2 is 1.10 bits per heavy atom. The summed E-state index contributed by atoms with van der Waals surface area (Å²) in [4.78, 5) is 23.5. The minimum atomic E-state index is -2.09. The van der Waals surface area contributed by atoms with Crippen LogP contribution >= 0.6 is 0 Å². The number of aliphatic hydroxyl groups is 2. The number of carbonyl (C=O) groups excluding carboxylic acids is 2. The van der Waals surface area contributed by atoms with Crippen LogP contribution in [0.2, 0.25) is 0 Å². The third-order valence-electron chi connectivity index (χ3n) is 5.20. The summed E-state index contributed by atoms with van der Waals surface area (Å²) in [5.74, 6) is -1.14. The molecule has 0 radical (unpaired) electrons. The van der Waals surface area contributed by atoms with E-state index in [1.54, 1.807) is 0 Å². The molecule has 0 aromatic heterocycles. The number of hydrogen-bond acceptors (Lipinski definition) is 4. The van der Waals surface area contributed by atoms with Crippen molar-refractivity contribution in [2.75, 3.05) is 6.54 Å². The number of carbonyl (C=O) groups is 2. The van der Waals surface area contributed by atoms with Crippen LogP contribution < -0.4 is 5.43 Å². The summed E-state index contributed by atoms with van der Waals surface area (Å²) in [5, 5.41) is 18.9. The molecule has 0 rings (SSSR count). The molecule has 0 saturated heterocycles. The second-order valence-corrected chi connectivity index (χ2v) is 8.10. The van der Waals surface area contributed by atoms with E-state index in [1.807, 2.05) is 6.92 Å². The Labute approximate surface area is 178 Å². The fourth-order valence-electron chi connectivity index (χ4n) is 3.45. The Kier molecular flexibility index (Phi) is 19.4. The van der Waals surface area contributed by atoms with E-state index in [1.165, 1.54) is 77.0 Å². The van der Waals surface area contributed by atoms with Gasteiger partial charge in [0.25, 0.3) is 5.91 Å². The van der Waals surface area contributed by atoms with Gasteiger partial charge in [-0.15, -0.1) is 0 Å². The van der Waals surface area contributed by atoms with Crippen molar-refractivity contribution < 1.29 is 19.8 Å². The number of rotatable bonds is 19. The fraction of sp³-hybridized carbons (Fsp3) is 0.913. The molecule has 0 aliphatic carbocycles. The molecule has 0 saturated carbocycles. The number of nitrogens with one attached hydrogen (secondary N) is 1. The van der Waals surface area contributed by atoms with Crippen molar-refractivity contribution in [2.45, 2.75) is 129 Å². The van der Waals surface area contributed by atoms with E-state index in [4.69, 9.17) is 10.2 Å². The molecule has 2 amide bonds. The highest BCUT2D eigenvalue weighted by molar-refractivity contribution is 5.83. The van der Waals surface area contributed by atoms with Crippen molar-refractivity contribution in [3.05, 3.63) is 0 Å². The zero-order valence-electron chi connectivity index (χ0n) is 19.0. The van der Waals surface area contributed by atoms with Crippen LogP contribution in [0, 0.1) is 0 Å². The maximum absolute atomic E-state index is 11.9. The van der Waals surface area contributed by atoms with E-state index < -0.39 is 12.2 Å². The normalized spacial score (nSPS) is 11.1. The topological polar surface area (TPSA) is 89.9 Å². The lowest BCUT2D eigenvalue weighted by atomic mass is 10.0. The van der Waals surface area contributed by atoms with Crippen LogP contribution in [0.15, 0.2) is 0 Å². The molecule has 0 aromatic rings. The number of amides is 2. The van der Waals surface area contributed by atoms with Crippen molar-refractivity contribution in [2.24, 2.45) is 0 Å². The molecule has 0 aliphatic rings. The van der Waals surface area contributed by atoms with Gasteiger partial charge in [0.2, 0.25) is 12.2 Å². The second-order valence-electron chi connectivity index (χ2n) is 8.10. The maximum atomic E-state index is 11.9. The Bertz CT molecular complexity index is 402. The van der Waals surface area contributed by atoms with Gasteiger partial charge in [0, 0.05) is 13.0 Å². The third kappa shape index (κ3) is 17.4. The highest BCUT2D eigenvalue weighted by atomic mass is 16.5. The van der Waals surface area contributed by atoms with Gasteiger partial charge in [-0.3, -0.25) is 15.0 Å². The molecule has 0 heterocycles. The van der Waals surface area contributed by atoms with Gasteiger partial charge in [-0.05, 0) is 12.8 Å². The van der Waals surface area contributed by atoms with Crippen molar-refractivity contribution in [1.29, 1.82) is 0 Å². The van der Waals surface area contributed by atoms with Crippen molar-refractivity contribution in [1.82, 2.24) is 10.4 Å². The van der Waals surface area contributed by atoms with Gasteiger partial charge in [0.1, 0.15) is 0 Å². The van der Waals surface area contributed by atoms with Crippen LogP contribution in [0.4, 0.5) is 0 Å². The summed E-state index contributed by atoms with van der Waals surface area (Å²) >= 11 is 0. The van der Waals surface area contributed by atoms with Gasteiger partial charge < -0.3 is 10.2 Å². The highest BCUT2D eigenvalue weighted by Crippen LogP contribution is 2.13. The van der Waals surface area contributed by atoms with Crippen LogP contribution in [-0.4, -0.2) is 39.9 Å². The van der Waals surface area contributed by atoms with Gasteiger partial charge >= 0.3 is 0 Å². The zero-order chi connectivity index (χ0) is 21.7. The molecule has 172 valence electrons. The average Bonchev–Trinajstić information content (AvgIpc) is 2.69. The monoisotopic (exact) mass is 414 g/mol. The fourth-order valence-corrected chi connectivity index (χ4v) is 3.45. The molecule has 29 heavy (non-hydrogen) atoms. The molecular formula is C23H46N2O4. The molecule has 0 spiro atoms. The summed E-state index contributed by atoms with van der Waals surface area (Å²) in [5.41, 5.74) is 2.47. The van der Waals surface area contributed by atoms with Gasteiger partial charge in [-0.1, -0.05) is 104 Å².